The summed E-state index contributed by atoms with van der Waals surface area (Å²) in [6.45, 7) is 1.41. The molecule has 1 saturated heterocycles. The topological polar surface area (TPSA) is 96.0 Å². The largest absolute Gasteiger partial charge is 0.453 e. The highest BCUT2D eigenvalue weighted by Gasteiger charge is 2.35. The van der Waals surface area contributed by atoms with Crippen molar-refractivity contribution < 1.29 is 35.9 Å². The van der Waals surface area contributed by atoms with E-state index in [1.54, 1.807) is 0 Å². The molecule has 2 rings (SSSR count). The van der Waals surface area contributed by atoms with E-state index in [0.29, 0.717) is 6.07 Å². The minimum absolute atomic E-state index is 0.0459. The molecule has 0 aliphatic carbocycles. The van der Waals surface area contributed by atoms with Crippen LogP contribution in [0.25, 0.3) is 0 Å². The molecule has 0 saturated carbocycles. The summed E-state index contributed by atoms with van der Waals surface area (Å²) in [5, 5.41) is 2.32. The maximum atomic E-state index is 12.8. The summed E-state index contributed by atoms with van der Waals surface area (Å²) >= 11 is 0. The molecule has 1 aliphatic heterocycles. The van der Waals surface area contributed by atoms with E-state index in [9.17, 15) is 31.2 Å². The van der Waals surface area contributed by atoms with E-state index in [0.717, 1.165) is 29.6 Å². The van der Waals surface area contributed by atoms with Gasteiger partial charge in [0.25, 0.3) is 0 Å². The molecule has 1 aromatic rings. The maximum Gasteiger partial charge on any atom is 0.416 e. The van der Waals surface area contributed by atoms with Crippen LogP contribution in [0.1, 0.15) is 12.5 Å². The Kier molecular flexibility index (Phi) is 6.55. The minimum Gasteiger partial charge on any atom is -0.453 e. The van der Waals surface area contributed by atoms with Crippen molar-refractivity contribution in [2.45, 2.75) is 24.0 Å². The average molecular weight is 423 g/mol. The SMILES string of the molecule is COC(=O)N[C@@H](C)C(=O)N1CCN(S(=O)(=O)c2cccc(C(F)(F)F)c2)CC1. The molecule has 1 aromatic carbocycles. The standard InChI is InChI=1S/C16H20F3N3O5S/c1-11(20-15(24)27-2)14(23)21-6-8-22(9-7-21)28(25,26)13-5-3-4-12(10-13)16(17,18)19/h3-5,10-11H,6-9H2,1-2H3,(H,20,24)/t11-/m0/s1. The van der Waals surface area contributed by atoms with Gasteiger partial charge < -0.3 is 15.0 Å². The van der Waals surface area contributed by atoms with Gasteiger partial charge in [0, 0.05) is 26.2 Å². The van der Waals surface area contributed by atoms with Gasteiger partial charge >= 0.3 is 12.3 Å². The number of carbonyl (C=O) groups is 2. The number of rotatable bonds is 4. The molecule has 0 unspecified atom stereocenters. The van der Waals surface area contributed by atoms with Gasteiger partial charge in [-0.2, -0.15) is 17.5 Å². The number of alkyl halides is 3. The zero-order valence-electron chi connectivity index (χ0n) is 15.2. The monoisotopic (exact) mass is 423 g/mol. The van der Waals surface area contributed by atoms with Gasteiger partial charge in [0.1, 0.15) is 6.04 Å². The quantitative estimate of drug-likeness (QED) is 0.787. The van der Waals surface area contributed by atoms with E-state index in [1.165, 1.54) is 11.8 Å². The highest BCUT2D eigenvalue weighted by Crippen LogP contribution is 2.31. The second kappa shape index (κ2) is 8.35. The number of methoxy groups -OCH3 is 1. The first kappa shape index (κ1) is 22.0. The third-order valence-electron chi connectivity index (χ3n) is 4.24. The first-order chi connectivity index (χ1) is 13.0. The molecular formula is C16H20F3N3O5S. The summed E-state index contributed by atoms with van der Waals surface area (Å²) in [6.07, 6.45) is -5.43. The molecule has 0 radical (unpaired) electrons. The van der Waals surface area contributed by atoms with E-state index in [-0.39, 0.29) is 26.2 Å². The van der Waals surface area contributed by atoms with Crippen LogP contribution in [0.3, 0.4) is 0 Å². The minimum atomic E-state index is -4.65. The van der Waals surface area contributed by atoms with Crippen molar-refractivity contribution in [3.63, 3.8) is 0 Å². The van der Waals surface area contributed by atoms with Gasteiger partial charge in [0.05, 0.1) is 17.6 Å². The Labute approximate surface area is 160 Å². The van der Waals surface area contributed by atoms with Crippen molar-refractivity contribution >= 4 is 22.0 Å². The molecule has 1 N–H and O–H groups in total. The lowest BCUT2D eigenvalue weighted by atomic mass is 10.2. The Morgan fingerprint density at radius 3 is 2.32 bits per heavy atom. The Bertz CT molecular complexity index is 836. The second-order valence-corrected chi connectivity index (χ2v) is 8.05. The number of benzene rings is 1. The maximum absolute atomic E-state index is 12.8. The molecule has 1 fully saturated rings. The van der Waals surface area contributed by atoms with Crippen LogP contribution in [-0.4, -0.2) is 69.0 Å². The lowest BCUT2D eigenvalue weighted by molar-refractivity contribution is -0.137. The molecule has 28 heavy (non-hydrogen) atoms. The van der Waals surface area contributed by atoms with E-state index >= 15 is 0 Å². The molecule has 1 atom stereocenters. The summed E-state index contributed by atoms with van der Waals surface area (Å²) in [4.78, 5) is 24.4. The van der Waals surface area contributed by atoms with Crippen molar-refractivity contribution in [1.29, 1.82) is 0 Å². The predicted octanol–water partition coefficient (Wildman–Crippen LogP) is 1.28. The van der Waals surface area contributed by atoms with Crippen LogP contribution >= 0.6 is 0 Å². The number of halogens is 3. The van der Waals surface area contributed by atoms with Gasteiger partial charge in [-0.05, 0) is 25.1 Å². The number of nitrogens with one attached hydrogen (secondary N) is 1. The number of ether oxygens (including phenoxy) is 1. The van der Waals surface area contributed by atoms with Crippen LogP contribution in [0.5, 0.6) is 0 Å². The summed E-state index contributed by atoms with van der Waals surface area (Å²) in [7, 11) is -2.97. The first-order valence-corrected chi connectivity index (χ1v) is 9.71. The number of nitrogens with zero attached hydrogens (tertiary/aromatic N) is 2. The number of piperazine rings is 1. The number of hydrogen-bond donors (Lipinski definition) is 1. The highest BCUT2D eigenvalue weighted by molar-refractivity contribution is 7.89. The van der Waals surface area contributed by atoms with Crippen molar-refractivity contribution in [2.24, 2.45) is 0 Å². The number of hydrogen-bond acceptors (Lipinski definition) is 5. The van der Waals surface area contributed by atoms with Gasteiger partial charge in [-0.3, -0.25) is 4.79 Å². The lowest BCUT2D eigenvalue weighted by Crippen LogP contribution is -2.55. The molecule has 8 nitrogen and oxygen atoms in total. The van der Waals surface area contributed by atoms with Gasteiger partial charge in [0.2, 0.25) is 15.9 Å². The Morgan fingerprint density at radius 1 is 1.18 bits per heavy atom. The number of sulfonamides is 1. The second-order valence-electron chi connectivity index (χ2n) is 6.11. The predicted molar refractivity (Wildman–Crippen MR) is 91.8 cm³/mol. The van der Waals surface area contributed by atoms with Gasteiger partial charge in [-0.25, -0.2) is 13.2 Å². The molecule has 156 valence electrons. The normalized spacial score (nSPS) is 17.1. The molecule has 2 amide bonds. The summed E-state index contributed by atoms with van der Waals surface area (Å²) in [5.74, 6) is -0.415. The molecule has 1 heterocycles. The van der Waals surface area contributed by atoms with Crippen LogP contribution in [-0.2, 0) is 25.7 Å². The molecule has 0 bridgehead atoms. The van der Waals surface area contributed by atoms with Gasteiger partial charge in [0.15, 0.2) is 0 Å². The van der Waals surface area contributed by atoms with E-state index < -0.39 is 44.7 Å². The van der Waals surface area contributed by atoms with Crippen LogP contribution in [0.2, 0.25) is 0 Å². The average Bonchev–Trinajstić information content (AvgIpc) is 2.66. The molecular weight excluding hydrogens is 403 g/mol. The van der Waals surface area contributed by atoms with E-state index in [2.05, 4.69) is 10.1 Å². The number of carbonyl (C=O) groups excluding carboxylic acids is 2. The molecule has 12 heteroatoms. The number of amides is 2. The fraction of sp³-hybridized carbons (Fsp3) is 0.500. The van der Waals surface area contributed by atoms with Crippen LogP contribution in [0, 0.1) is 0 Å². The van der Waals surface area contributed by atoms with Gasteiger partial charge in [-0.15, -0.1) is 0 Å². The third-order valence-corrected chi connectivity index (χ3v) is 6.13. The highest BCUT2D eigenvalue weighted by atomic mass is 32.2. The van der Waals surface area contributed by atoms with Crippen molar-refractivity contribution in [3.8, 4) is 0 Å². The van der Waals surface area contributed by atoms with Crippen molar-refractivity contribution in [3.05, 3.63) is 29.8 Å². The van der Waals surface area contributed by atoms with Crippen LogP contribution < -0.4 is 5.32 Å². The molecule has 1 aliphatic rings. The zero-order valence-corrected chi connectivity index (χ0v) is 16.0. The molecule has 0 aromatic heterocycles. The van der Waals surface area contributed by atoms with Crippen LogP contribution in [0.4, 0.5) is 18.0 Å². The van der Waals surface area contributed by atoms with E-state index in [4.69, 9.17) is 0 Å². The Hall–Kier alpha value is -2.34. The summed E-state index contributed by atoms with van der Waals surface area (Å²) < 4.78 is 69.2. The number of alkyl carbamates (subject to hydrolysis) is 1. The lowest BCUT2D eigenvalue weighted by Gasteiger charge is -2.35. The smallest absolute Gasteiger partial charge is 0.416 e. The summed E-state index contributed by atoms with van der Waals surface area (Å²) in [5.41, 5.74) is -1.05. The van der Waals surface area contributed by atoms with Crippen molar-refractivity contribution in [2.75, 3.05) is 33.3 Å². The molecule has 0 spiro atoms. The Morgan fingerprint density at radius 2 is 1.79 bits per heavy atom. The zero-order chi connectivity index (χ0) is 21.1. The summed E-state index contributed by atoms with van der Waals surface area (Å²) in [6, 6.07) is 2.67. The third kappa shape index (κ3) is 4.93. The van der Waals surface area contributed by atoms with Crippen LogP contribution in [0.15, 0.2) is 29.2 Å². The first-order valence-electron chi connectivity index (χ1n) is 8.27. The fourth-order valence-electron chi connectivity index (χ4n) is 2.70. The Balaban J connectivity index is 2.06. The van der Waals surface area contributed by atoms with Gasteiger partial charge in [-0.1, -0.05) is 6.07 Å². The van der Waals surface area contributed by atoms with Crippen molar-refractivity contribution in [1.82, 2.24) is 14.5 Å². The fourth-order valence-corrected chi connectivity index (χ4v) is 4.17. The van der Waals surface area contributed by atoms with E-state index in [1.807, 2.05) is 0 Å².